The number of aliphatic hydroxyl groups is 2. The number of carbonyl (C=O) groups excluding carboxylic acids is 2. The van der Waals surface area contributed by atoms with Crippen molar-refractivity contribution in [3.63, 3.8) is 0 Å². The molecule has 3 aliphatic rings. The number of ether oxygens (including phenoxy) is 2. The normalized spacial score (nSPS) is 39.9. The lowest BCUT2D eigenvalue weighted by molar-refractivity contribution is -0.225. The van der Waals surface area contributed by atoms with E-state index in [1.54, 1.807) is 13.0 Å². The van der Waals surface area contributed by atoms with E-state index in [1.165, 1.54) is 0 Å². The number of fused-ring (bicyclic) bond motifs is 3. The first kappa shape index (κ1) is 20.3. The van der Waals surface area contributed by atoms with Crippen LogP contribution in [-0.2, 0) is 19.1 Å². The van der Waals surface area contributed by atoms with Crippen LogP contribution in [-0.4, -0.2) is 46.6 Å². The van der Waals surface area contributed by atoms with E-state index >= 15 is 0 Å². The Bertz CT molecular complexity index is 653. The molecule has 2 aliphatic carbocycles. The quantitative estimate of drug-likeness (QED) is 0.432. The minimum atomic E-state index is -1.88. The van der Waals surface area contributed by atoms with Crippen LogP contribution in [0, 0.1) is 16.7 Å². The van der Waals surface area contributed by atoms with Gasteiger partial charge in [-0.3, -0.25) is 4.79 Å². The molecule has 0 aromatic carbocycles. The van der Waals surface area contributed by atoms with Gasteiger partial charge in [0.1, 0.15) is 12.7 Å². The Labute approximate surface area is 160 Å². The molecule has 0 amide bonds. The van der Waals surface area contributed by atoms with Crippen LogP contribution >= 0.6 is 0 Å². The molecule has 1 heterocycles. The van der Waals surface area contributed by atoms with Gasteiger partial charge in [0.25, 0.3) is 0 Å². The third-order valence-corrected chi connectivity index (χ3v) is 7.09. The monoisotopic (exact) mass is 380 g/mol. The average molecular weight is 380 g/mol. The molecule has 2 N–H and O–H groups in total. The lowest BCUT2D eigenvalue weighted by atomic mass is 9.45. The van der Waals surface area contributed by atoms with Crippen molar-refractivity contribution in [2.24, 2.45) is 16.7 Å². The second kappa shape index (κ2) is 6.89. The highest BCUT2D eigenvalue weighted by atomic mass is 16.6. The Morgan fingerprint density at radius 2 is 2.04 bits per heavy atom. The fraction of sp³-hybridized carbons (Fsp3) is 0.810. The van der Waals surface area contributed by atoms with E-state index in [9.17, 15) is 19.8 Å². The first-order chi connectivity index (χ1) is 12.6. The largest absolute Gasteiger partial charge is 0.459 e. The van der Waals surface area contributed by atoms with Gasteiger partial charge < -0.3 is 19.7 Å². The minimum absolute atomic E-state index is 0.0331. The van der Waals surface area contributed by atoms with Crippen LogP contribution in [0.15, 0.2) is 11.6 Å². The van der Waals surface area contributed by atoms with Crippen molar-refractivity contribution in [1.82, 2.24) is 0 Å². The second-order valence-corrected chi connectivity index (χ2v) is 9.19. The smallest absolute Gasteiger partial charge is 0.343 e. The molecule has 1 saturated carbocycles. The molecule has 0 aromatic rings. The number of carbonyl (C=O) groups is 2. The Hall–Kier alpha value is -1.40. The van der Waals surface area contributed by atoms with E-state index < -0.39 is 35.1 Å². The molecule has 6 heteroatoms. The molecular formula is C21H32O6. The molecule has 2 fully saturated rings. The van der Waals surface area contributed by atoms with Gasteiger partial charge in [-0.05, 0) is 30.8 Å². The summed E-state index contributed by atoms with van der Waals surface area (Å²) >= 11 is 0. The van der Waals surface area contributed by atoms with Crippen LogP contribution < -0.4 is 0 Å². The number of cyclic esters (lactones) is 1. The molecule has 3 rings (SSSR count). The average Bonchev–Trinajstić information content (AvgIpc) is 2.88. The molecule has 6 nitrogen and oxygen atoms in total. The number of esters is 2. The van der Waals surface area contributed by atoms with Gasteiger partial charge in [0, 0.05) is 23.3 Å². The van der Waals surface area contributed by atoms with Crippen molar-refractivity contribution in [1.29, 1.82) is 0 Å². The number of unbranched alkanes of at least 4 members (excludes halogenated alkanes) is 2. The highest BCUT2D eigenvalue weighted by Crippen LogP contribution is 2.63. The summed E-state index contributed by atoms with van der Waals surface area (Å²) in [5.41, 5.74) is -2.99. The highest BCUT2D eigenvalue weighted by molar-refractivity contribution is 5.88. The van der Waals surface area contributed by atoms with Crippen molar-refractivity contribution in [2.45, 2.75) is 84.0 Å². The first-order valence-corrected chi connectivity index (χ1v) is 10.1. The molecule has 1 saturated heterocycles. The summed E-state index contributed by atoms with van der Waals surface area (Å²) in [6.45, 7) is 7.87. The molecule has 0 unspecified atom stereocenters. The van der Waals surface area contributed by atoms with E-state index in [-0.39, 0.29) is 18.0 Å². The summed E-state index contributed by atoms with van der Waals surface area (Å²) in [4.78, 5) is 24.9. The lowest BCUT2D eigenvalue weighted by Crippen LogP contribution is -2.69. The van der Waals surface area contributed by atoms with Gasteiger partial charge in [-0.25, -0.2) is 4.79 Å². The third kappa shape index (κ3) is 2.92. The van der Waals surface area contributed by atoms with Crippen molar-refractivity contribution in [3.05, 3.63) is 11.6 Å². The molecule has 0 aromatic heterocycles. The maximum Gasteiger partial charge on any atom is 0.343 e. The first-order valence-electron chi connectivity index (χ1n) is 10.1. The van der Waals surface area contributed by atoms with Crippen LogP contribution in [0.2, 0.25) is 0 Å². The molecule has 0 bridgehead atoms. The molecule has 1 aliphatic heterocycles. The fourth-order valence-electron chi connectivity index (χ4n) is 5.58. The zero-order valence-electron chi connectivity index (χ0n) is 16.8. The van der Waals surface area contributed by atoms with E-state index in [0.717, 1.165) is 19.3 Å². The summed E-state index contributed by atoms with van der Waals surface area (Å²) < 4.78 is 11.0. The molecule has 0 spiro atoms. The summed E-state index contributed by atoms with van der Waals surface area (Å²) in [5.74, 6) is -1.40. The maximum atomic E-state index is 12.5. The number of hydrogen-bond acceptors (Lipinski definition) is 6. The van der Waals surface area contributed by atoms with Gasteiger partial charge in [0.05, 0.1) is 6.10 Å². The molecule has 152 valence electrons. The van der Waals surface area contributed by atoms with Crippen molar-refractivity contribution in [2.75, 3.05) is 6.61 Å². The summed E-state index contributed by atoms with van der Waals surface area (Å²) in [6.07, 6.45) is 4.50. The van der Waals surface area contributed by atoms with E-state index in [4.69, 9.17) is 9.47 Å². The van der Waals surface area contributed by atoms with Crippen LogP contribution in [0.4, 0.5) is 0 Å². The molecule has 27 heavy (non-hydrogen) atoms. The Balaban J connectivity index is 2.00. The van der Waals surface area contributed by atoms with Crippen LogP contribution in [0.3, 0.4) is 0 Å². The van der Waals surface area contributed by atoms with Crippen LogP contribution in [0.25, 0.3) is 0 Å². The van der Waals surface area contributed by atoms with E-state index in [1.807, 2.05) is 13.8 Å². The zero-order valence-corrected chi connectivity index (χ0v) is 16.8. The van der Waals surface area contributed by atoms with Gasteiger partial charge in [0.2, 0.25) is 0 Å². The molecule has 5 atom stereocenters. The Morgan fingerprint density at radius 3 is 2.70 bits per heavy atom. The van der Waals surface area contributed by atoms with Gasteiger partial charge in [-0.1, -0.05) is 40.5 Å². The summed E-state index contributed by atoms with van der Waals surface area (Å²) in [5, 5.41) is 22.3. The van der Waals surface area contributed by atoms with Crippen molar-refractivity contribution < 1.29 is 29.3 Å². The van der Waals surface area contributed by atoms with Crippen molar-refractivity contribution >= 4 is 11.9 Å². The van der Waals surface area contributed by atoms with Gasteiger partial charge >= 0.3 is 11.9 Å². The third-order valence-electron chi connectivity index (χ3n) is 7.09. The van der Waals surface area contributed by atoms with Gasteiger partial charge in [-0.15, -0.1) is 0 Å². The van der Waals surface area contributed by atoms with Gasteiger partial charge in [0.15, 0.2) is 5.60 Å². The van der Waals surface area contributed by atoms with E-state index in [0.29, 0.717) is 24.8 Å². The zero-order chi connectivity index (χ0) is 20.0. The van der Waals surface area contributed by atoms with E-state index in [2.05, 4.69) is 6.92 Å². The maximum absolute atomic E-state index is 12.5. The second-order valence-electron chi connectivity index (χ2n) is 9.19. The number of hydrogen-bond donors (Lipinski definition) is 2. The van der Waals surface area contributed by atoms with Crippen molar-refractivity contribution in [3.8, 4) is 0 Å². The fourth-order valence-corrected chi connectivity index (χ4v) is 5.58. The van der Waals surface area contributed by atoms with Crippen LogP contribution in [0.1, 0.15) is 66.2 Å². The summed E-state index contributed by atoms with van der Waals surface area (Å²) in [7, 11) is 0. The highest BCUT2D eigenvalue weighted by Gasteiger charge is 2.72. The molecular weight excluding hydrogens is 348 g/mol. The minimum Gasteiger partial charge on any atom is -0.459 e. The predicted octanol–water partition coefficient (Wildman–Crippen LogP) is 2.51. The summed E-state index contributed by atoms with van der Waals surface area (Å²) in [6, 6.07) is 0. The predicted molar refractivity (Wildman–Crippen MR) is 98.6 cm³/mol. The lowest BCUT2D eigenvalue weighted by Gasteiger charge is -2.60. The van der Waals surface area contributed by atoms with Gasteiger partial charge in [-0.2, -0.15) is 0 Å². The standard InChI is InChI=1S/C21H32O6/c1-5-6-7-8-16(23)27-14-11-13-12-26-18(24)21(13,25)20(4)15(22)9-10-19(2,3)17(14)20/h11,14-15,17,22,25H,5-10,12H2,1-4H3/t14-,15-,17-,20-,21+/m0/s1. The Morgan fingerprint density at radius 1 is 1.33 bits per heavy atom. The Kier molecular flexibility index (Phi) is 5.19. The van der Waals surface area contributed by atoms with Crippen LogP contribution in [0.5, 0.6) is 0 Å². The number of aliphatic hydroxyl groups excluding tert-OH is 1. The topological polar surface area (TPSA) is 93.1 Å². The number of rotatable bonds is 5. The SMILES string of the molecule is CCCCCC(=O)O[C@H]1C=C2COC(=O)[C@@]2(O)[C@@]2(C)[C@@H](O)CCC(C)(C)[C@H]12. The molecule has 0 radical (unpaired) electrons.